The van der Waals surface area contributed by atoms with Crippen LogP contribution in [0.3, 0.4) is 0 Å². The fourth-order valence-corrected chi connectivity index (χ4v) is 0.744. The Balaban J connectivity index is 3.02. The summed E-state index contributed by atoms with van der Waals surface area (Å²) in [5.41, 5.74) is -0.0344. The highest BCUT2D eigenvalue weighted by molar-refractivity contribution is 6.04. The van der Waals surface area contributed by atoms with Crippen LogP contribution in [0.25, 0.3) is 0 Å². The molecule has 0 fully saturated rings. The highest BCUT2D eigenvalue weighted by atomic mass is 16.3. The molecule has 1 atom stereocenters. The average molecular weight is 154 g/mol. The van der Waals surface area contributed by atoms with Gasteiger partial charge in [-0.3, -0.25) is 9.59 Å². The Morgan fingerprint density at radius 1 is 1.45 bits per heavy atom. The van der Waals surface area contributed by atoms with Crippen LogP contribution in [-0.2, 0) is 9.59 Å². The van der Waals surface area contributed by atoms with Gasteiger partial charge in [0.25, 0.3) is 0 Å². The molecule has 2 N–H and O–H groups in total. The zero-order valence-corrected chi connectivity index (χ0v) is 5.52. The molecular formula is C7H6O4. The summed E-state index contributed by atoms with van der Waals surface area (Å²) in [6.45, 7) is 0. The number of carbonyl (C=O) groups excluding carboxylic acids is 2. The molecule has 4 heteroatoms. The molecule has 0 spiro atoms. The normalized spacial score (nSPS) is 24.1. The van der Waals surface area contributed by atoms with E-state index in [1.807, 2.05) is 0 Å². The van der Waals surface area contributed by atoms with Crippen LogP contribution in [0.15, 0.2) is 23.5 Å². The maximum Gasteiger partial charge on any atom is 0.230 e. The van der Waals surface area contributed by atoms with Crippen molar-refractivity contribution in [2.24, 2.45) is 0 Å². The van der Waals surface area contributed by atoms with Gasteiger partial charge in [-0.2, -0.15) is 0 Å². The van der Waals surface area contributed by atoms with Crippen LogP contribution in [0.1, 0.15) is 0 Å². The summed E-state index contributed by atoms with van der Waals surface area (Å²) in [5, 5.41) is 17.7. The lowest BCUT2D eigenvalue weighted by atomic mass is 10.0. The van der Waals surface area contributed by atoms with Crippen molar-refractivity contribution in [3.63, 3.8) is 0 Å². The van der Waals surface area contributed by atoms with Crippen molar-refractivity contribution in [3.05, 3.63) is 23.5 Å². The molecule has 0 radical (unpaired) electrons. The number of Topliss-reactive ketones (excluding diaryl/α,β-unsaturated/α-hetero) is 1. The second kappa shape index (κ2) is 2.67. The predicted molar refractivity (Wildman–Crippen MR) is 35.9 cm³/mol. The van der Waals surface area contributed by atoms with E-state index in [0.717, 1.165) is 6.08 Å². The number of rotatable bonds is 1. The molecule has 1 unspecified atom stereocenters. The van der Waals surface area contributed by atoms with E-state index in [0.29, 0.717) is 6.29 Å². The fraction of sp³-hybridized carbons (Fsp3) is 0.143. The highest BCUT2D eigenvalue weighted by Gasteiger charge is 2.25. The second-order valence-corrected chi connectivity index (χ2v) is 2.10. The molecule has 0 bridgehead atoms. The van der Waals surface area contributed by atoms with Crippen LogP contribution in [0.5, 0.6) is 0 Å². The first-order valence-corrected chi connectivity index (χ1v) is 2.95. The van der Waals surface area contributed by atoms with Gasteiger partial charge in [-0.1, -0.05) is 0 Å². The number of aliphatic hydroxyl groups is 2. The van der Waals surface area contributed by atoms with Gasteiger partial charge < -0.3 is 10.2 Å². The van der Waals surface area contributed by atoms with Crippen LogP contribution in [0.2, 0.25) is 0 Å². The van der Waals surface area contributed by atoms with E-state index in [4.69, 9.17) is 10.2 Å². The van der Waals surface area contributed by atoms with Crippen molar-refractivity contribution in [3.8, 4) is 0 Å². The maximum absolute atomic E-state index is 10.7. The van der Waals surface area contributed by atoms with Crippen molar-refractivity contribution >= 4 is 12.1 Å². The van der Waals surface area contributed by atoms with Crippen LogP contribution in [-0.4, -0.2) is 28.4 Å². The number of hydrogen-bond donors (Lipinski definition) is 2. The Morgan fingerprint density at radius 3 is 2.64 bits per heavy atom. The Bertz CT molecular complexity index is 262. The smallest absolute Gasteiger partial charge is 0.230 e. The van der Waals surface area contributed by atoms with Gasteiger partial charge in [0.2, 0.25) is 5.78 Å². The Hall–Kier alpha value is -1.42. The molecule has 1 aliphatic rings. The monoisotopic (exact) mass is 154 g/mol. The molecule has 11 heavy (non-hydrogen) atoms. The summed E-state index contributed by atoms with van der Waals surface area (Å²) in [7, 11) is 0. The van der Waals surface area contributed by atoms with Gasteiger partial charge in [0, 0.05) is 5.57 Å². The Labute approximate surface area is 62.5 Å². The first-order chi connectivity index (χ1) is 5.16. The van der Waals surface area contributed by atoms with Gasteiger partial charge in [0.05, 0.1) is 0 Å². The molecule has 0 aromatic carbocycles. The molecule has 0 heterocycles. The molecule has 4 nitrogen and oxygen atoms in total. The molecule has 0 aromatic rings. The van der Waals surface area contributed by atoms with E-state index in [2.05, 4.69) is 0 Å². The topological polar surface area (TPSA) is 74.6 Å². The van der Waals surface area contributed by atoms with Gasteiger partial charge in [0.15, 0.2) is 5.76 Å². The number of carbonyl (C=O) groups is 2. The highest BCUT2D eigenvalue weighted by Crippen LogP contribution is 2.11. The van der Waals surface area contributed by atoms with Crippen molar-refractivity contribution in [1.29, 1.82) is 0 Å². The van der Waals surface area contributed by atoms with Crippen molar-refractivity contribution in [2.45, 2.75) is 6.10 Å². The van der Waals surface area contributed by atoms with E-state index >= 15 is 0 Å². The molecule has 1 aliphatic carbocycles. The summed E-state index contributed by atoms with van der Waals surface area (Å²) >= 11 is 0. The molecule has 58 valence electrons. The first kappa shape index (κ1) is 7.68. The van der Waals surface area contributed by atoms with E-state index in [1.54, 1.807) is 0 Å². The SMILES string of the molecule is O=CC1=CC=C(O)C(=O)C1O. The van der Waals surface area contributed by atoms with Crippen LogP contribution in [0, 0.1) is 0 Å². The summed E-state index contributed by atoms with van der Waals surface area (Å²) in [6, 6.07) is 0. The number of aliphatic hydroxyl groups excluding tert-OH is 2. The lowest BCUT2D eigenvalue weighted by Crippen LogP contribution is -2.27. The molecular weight excluding hydrogens is 148 g/mol. The number of hydrogen-bond acceptors (Lipinski definition) is 4. The third-order valence-corrected chi connectivity index (χ3v) is 1.39. The van der Waals surface area contributed by atoms with E-state index < -0.39 is 17.6 Å². The van der Waals surface area contributed by atoms with Crippen LogP contribution >= 0.6 is 0 Å². The van der Waals surface area contributed by atoms with Gasteiger partial charge >= 0.3 is 0 Å². The van der Waals surface area contributed by atoms with E-state index in [1.165, 1.54) is 6.08 Å². The van der Waals surface area contributed by atoms with Gasteiger partial charge in [-0.25, -0.2) is 0 Å². The lowest BCUT2D eigenvalue weighted by molar-refractivity contribution is -0.125. The van der Waals surface area contributed by atoms with E-state index in [9.17, 15) is 9.59 Å². The van der Waals surface area contributed by atoms with Crippen molar-refractivity contribution < 1.29 is 19.8 Å². The summed E-state index contributed by atoms with van der Waals surface area (Å²) < 4.78 is 0. The minimum Gasteiger partial charge on any atom is -0.504 e. The minimum atomic E-state index is -1.50. The second-order valence-electron chi connectivity index (χ2n) is 2.10. The average Bonchev–Trinajstić information content (AvgIpc) is 2.01. The molecule has 0 aliphatic heterocycles. The molecule has 0 aromatic heterocycles. The number of ketones is 1. The third-order valence-electron chi connectivity index (χ3n) is 1.39. The van der Waals surface area contributed by atoms with Gasteiger partial charge in [-0.15, -0.1) is 0 Å². The Kier molecular flexibility index (Phi) is 1.87. The summed E-state index contributed by atoms with van der Waals surface area (Å²) in [4.78, 5) is 20.9. The van der Waals surface area contributed by atoms with Crippen molar-refractivity contribution in [2.75, 3.05) is 0 Å². The van der Waals surface area contributed by atoms with Gasteiger partial charge in [0.1, 0.15) is 12.4 Å². The number of aldehydes is 1. The first-order valence-electron chi connectivity index (χ1n) is 2.95. The standard InChI is InChI=1S/C7H6O4/c8-3-4-1-2-5(9)7(11)6(4)10/h1-3,6,9-10H. The fourth-order valence-electron chi connectivity index (χ4n) is 0.744. The van der Waals surface area contributed by atoms with Crippen LogP contribution < -0.4 is 0 Å². The summed E-state index contributed by atoms with van der Waals surface area (Å²) in [5.74, 6) is -1.36. The number of allylic oxidation sites excluding steroid dienone is 2. The lowest BCUT2D eigenvalue weighted by Gasteiger charge is -2.11. The largest absolute Gasteiger partial charge is 0.504 e. The summed E-state index contributed by atoms with van der Waals surface area (Å²) in [6.07, 6.45) is 1.16. The quantitative estimate of drug-likeness (QED) is 0.499. The molecule has 0 saturated heterocycles. The molecule has 0 saturated carbocycles. The third kappa shape index (κ3) is 1.20. The van der Waals surface area contributed by atoms with Crippen LogP contribution in [0.4, 0.5) is 0 Å². The zero-order chi connectivity index (χ0) is 8.43. The molecule has 1 rings (SSSR count). The minimum absolute atomic E-state index is 0.0344. The zero-order valence-electron chi connectivity index (χ0n) is 5.52. The maximum atomic E-state index is 10.7. The predicted octanol–water partition coefficient (Wildman–Crippen LogP) is -0.503. The van der Waals surface area contributed by atoms with Crippen molar-refractivity contribution in [1.82, 2.24) is 0 Å². The van der Waals surface area contributed by atoms with Gasteiger partial charge in [-0.05, 0) is 12.2 Å². The Morgan fingerprint density at radius 2 is 2.09 bits per heavy atom. The molecule has 0 amide bonds. The van der Waals surface area contributed by atoms with E-state index in [-0.39, 0.29) is 5.57 Å².